The molecular weight excluding hydrogens is 310 g/mol. The van der Waals surface area contributed by atoms with Crippen molar-refractivity contribution in [2.45, 2.75) is 77.8 Å². The van der Waals surface area contributed by atoms with Crippen LogP contribution in [0.25, 0.3) is 0 Å². The Hall–Kier alpha value is -1.62. The van der Waals surface area contributed by atoms with Gasteiger partial charge < -0.3 is 4.98 Å². The topological polar surface area (TPSA) is 49.7 Å². The number of hydrogen-bond donors (Lipinski definition) is 1. The molecular formula is C20H31N5. The van der Waals surface area contributed by atoms with Crippen LogP contribution >= 0.6 is 0 Å². The Balaban J connectivity index is 1.59. The van der Waals surface area contributed by atoms with Crippen LogP contribution in [0.4, 0.5) is 0 Å². The van der Waals surface area contributed by atoms with E-state index in [4.69, 9.17) is 10.1 Å². The molecule has 1 aliphatic carbocycles. The summed E-state index contributed by atoms with van der Waals surface area (Å²) < 4.78 is 2.09. The lowest BCUT2D eigenvalue weighted by Crippen LogP contribution is -2.24. The number of fused-ring (bicyclic) bond motifs is 1. The Kier molecular flexibility index (Phi) is 4.67. The van der Waals surface area contributed by atoms with E-state index in [1.165, 1.54) is 66.3 Å². The number of rotatable bonds is 5. The number of hydrogen-bond acceptors (Lipinski definition) is 3. The van der Waals surface area contributed by atoms with E-state index in [-0.39, 0.29) is 0 Å². The van der Waals surface area contributed by atoms with Gasteiger partial charge in [0, 0.05) is 30.5 Å². The highest BCUT2D eigenvalue weighted by Crippen LogP contribution is 2.34. The molecule has 0 aromatic carbocycles. The lowest BCUT2D eigenvalue weighted by atomic mass is 10.0. The first kappa shape index (κ1) is 16.8. The van der Waals surface area contributed by atoms with E-state index in [2.05, 4.69) is 35.5 Å². The van der Waals surface area contributed by atoms with Crippen LogP contribution in [0.2, 0.25) is 0 Å². The molecule has 25 heavy (non-hydrogen) atoms. The van der Waals surface area contributed by atoms with Crippen LogP contribution in [-0.2, 0) is 39.3 Å². The molecule has 1 fully saturated rings. The zero-order valence-electron chi connectivity index (χ0n) is 15.9. The first-order chi connectivity index (χ1) is 12.2. The van der Waals surface area contributed by atoms with Crippen molar-refractivity contribution in [2.75, 3.05) is 6.54 Å². The standard InChI is InChI=1S/C20H31N5/c1-4-15-14(18(5-2)24(3)23-15)13-25-12-8-11-19(25)20-21-16-9-6-7-10-17(16)22-20/h19H,4-13H2,1-3H3,(H,21,22). The molecule has 3 heterocycles. The zero-order chi connectivity index (χ0) is 17.4. The van der Waals surface area contributed by atoms with Crippen molar-refractivity contribution in [3.63, 3.8) is 0 Å². The molecule has 5 nitrogen and oxygen atoms in total. The summed E-state index contributed by atoms with van der Waals surface area (Å²) in [4.78, 5) is 11.3. The minimum Gasteiger partial charge on any atom is -0.344 e. The van der Waals surface area contributed by atoms with Gasteiger partial charge in [-0.1, -0.05) is 13.8 Å². The van der Waals surface area contributed by atoms with Gasteiger partial charge in [0.05, 0.1) is 17.4 Å². The Morgan fingerprint density at radius 1 is 1.12 bits per heavy atom. The van der Waals surface area contributed by atoms with Crippen LogP contribution in [-0.4, -0.2) is 31.2 Å². The summed E-state index contributed by atoms with van der Waals surface area (Å²) in [6.07, 6.45) is 9.47. The van der Waals surface area contributed by atoms with Crippen LogP contribution in [0.3, 0.4) is 0 Å². The molecule has 2 aliphatic rings. The number of nitrogens with zero attached hydrogens (tertiary/aromatic N) is 4. The van der Waals surface area contributed by atoms with Crippen LogP contribution in [0.1, 0.15) is 79.7 Å². The molecule has 1 aliphatic heterocycles. The number of aryl methyl sites for hydroxylation is 4. The van der Waals surface area contributed by atoms with Crippen molar-refractivity contribution in [2.24, 2.45) is 7.05 Å². The highest BCUT2D eigenvalue weighted by molar-refractivity contribution is 5.27. The molecule has 1 N–H and O–H groups in total. The van der Waals surface area contributed by atoms with Crippen molar-refractivity contribution >= 4 is 0 Å². The maximum Gasteiger partial charge on any atom is 0.124 e. The summed E-state index contributed by atoms with van der Waals surface area (Å²) in [5.74, 6) is 1.21. The third kappa shape index (κ3) is 3.03. The molecule has 0 amide bonds. The minimum absolute atomic E-state index is 0.445. The van der Waals surface area contributed by atoms with Crippen LogP contribution in [0, 0.1) is 0 Å². The van der Waals surface area contributed by atoms with Crippen molar-refractivity contribution in [3.8, 4) is 0 Å². The molecule has 4 rings (SSSR count). The molecule has 2 aromatic heterocycles. The molecule has 0 spiro atoms. The molecule has 5 heteroatoms. The maximum absolute atomic E-state index is 5.00. The lowest BCUT2D eigenvalue weighted by molar-refractivity contribution is 0.239. The summed E-state index contributed by atoms with van der Waals surface area (Å²) in [5.41, 5.74) is 6.84. The molecule has 0 saturated carbocycles. The smallest absolute Gasteiger partial charge is 0.124 e. The van der Waals surface area contributed by atoms with E-state index in [0.717, 1.165) is 32.4 Å². The number of likely N-dealkylation sites (tertiary alicyclic amines) is 1. The molecule has 0 radical (unpaired) electrons. The third-order valence-electron chi connectivity index (χ3n) is 6.04. The van der Waals surface area contributed by atoms with E-state index in [0.29, 0.717) is 6.04 Å². The third-order valence-corrected chi connectivity index (χ3v) is 6.04. The van der Waals surface area contributed by atoms with Gasteiger partial charge in [-0.2, -0.15) is 5.10 Å². The average Bonchev–Trinajstić information content (AvgIpc) is 3.31. The van der Waals surface area contributed by atoms with E-state index >= 15 is 0 Å². The van der Waals surface area contributed by atoms with Gasteiger partial charge in [0.25, 0.3) is 0 Å². The number of aromatic amines is 1. The lowest BCUT2D eigenvalue weighted by Gasteiger charge is -2.23. The van der Waals surface area contributed by atoms with Gasteiger partial charge in [-0.05, 0) is 57.9 Å². The molecule has 0 bridgehead atoms. The number of nitrogens with one attached hydrogen (secondary N) is 1. The summed E-state index contributed by atoms with van der Waals surface area (Å²) in [6, 6.07) is 0.445. The predicted molar refractivity (Wildman–Crippen MR) is 99.6 cm³/mol. The summed E-state index contributed by atoms with van der Waals surface area (Å²) in [5, 5.41) is 4.76. The van der Waals surface area contributed by atoms with E-state index < -0.39 is 0 Å². The number of H-pyrrole nitrogens is 1. The van der Waals surface area contributed by atoms with Crippen LogP contribution < -0.4 is 0 Å². The van der Waals surface area contributed by atoms with Gasteiger partial charge in [-0.3, -0.25) is 9.58 Å². The van der Waals surface area contributed by atoms with Crippen LogP contribution in [0.15, 0.2) is 0 Å². The first-order valence-corrected chi connectivity index (χ1v) is 10.1. The highest BCUT2D eigenvalue weighted by Gasteiger charge is 2.31. The zero-order valence-corrected chi connectivity index (χ0v) is 15.9. The van der Waals surface area contributed by atoms with E-state index in [1.54, 1.807) is 0 Å². The maximum atomic E-state index is 5.00. The van der Waals surface area contributed by atoms with Crippen molar-refractivity contribution in [3.05, 3.63) is 34.2 Å². The average molecular weight is 342 g/mol. The normalized spacial score (nSPS) is 21.0. The van der Waals surface area contributed by atoms with Crippen molar-refractivity contribution < 1.29 is 0 Å². The van der Waals surface area contributed by atoms with Gasteiger partial charge in [-0.25, -0.2) is 4.98 Å². The Bertz CT molecular complexity index is 718. The second-order valence-electron chi connectivity index (χ2n) is 7.59. The molecule has 1 atom stereocenters. The monoisotopic (exact) mass is 341 g/mol. The molecule has 1 saturated heterocycles. The first-order valence-electron chi connectivity index (χ1n) is 10.1. The van der Waals surface area contributed by atoms with Gasteiger partial charge in [0.1, 0.15) is 5.82 Å². The van der Waals surface area contributed by atoms with E-state index in [1.807, 2.05) is 0 Å². The summed E-state index contributed by atoms with van der Waals surface area (Å²) >= 11 is 0. The van der Waals surface area contributed by atoms with Gasteiger partial charge in [-0.15, -0.1) is 0 Å². The van der Waals surface area contributed by atoms with Crippen molar-refractivity contribution in [1.82, 2.24) is 24.6 Å². The fourth-order valence-corrected chi connectivity index (χ4v) is 4.73. The Morgan fingerprint density at radius 3 is 2.72 bits per heavy atom. The predicted octanol–water partition coefficient (Wildman–Crippen LogP) is 3.48. The second-order valence-corrected chi connectivity index (χ2v) is 7.59. The van der Waals surface area contributed by atoms with Gasteiger partial charge in [0.15, 0.2) is 0 Å². The van der Waals surface area contributed by atoms with Gasteiger partial charge in [0.2, 0.25) is 0 Å². The van der Waals surface area contributed by atoms with Crippen molar-refractivity contribution in [1.29, 1.82) is 0 Å². The highest BCUT2D eigenvalue weighted by atomic mass is 15.3. The summed E-state index contributed by atoms with van der Waals surface area (Å²) in [6.45, 7) is 6.63. The van der Waals surface area contributed by atoms with Crippen LogP contribution in [0.5, 0.6) is 0 Å². The molecule has 1 unspecified atom stereocenters. The molecule has 2 aromatic rings. The minimum atomic E-state index is 0.445. The number of aromatic nitrogens is 4. The Labute approximate surface area is 150 Å². The van der Waals surface area contributed by atoms with E-state index in [9.17, 15) is 0 Å². The van der Waals surface area contributed by atoms with Gasteiger partial charge >= 0.3 is 0 Å². The second kappa shape index (κ2) is 6.94. The quantitative estimate of drug-likeness (QED) is 0.906. The number of imidazole rings is 1. The molecule has 136 valence electrons. The SMILES string of the molecule is CCc1nn(C)c(CC)c1CN1CCCC1c1nc2c([nH]1)CCCC2. The largest absolute Gasteiger partial charge is 0.344 e. The summed E-state index contributed by atoms with van der Waals surface area (Å²) in [7, 11) is 2.09. The fraction of sp³-hybridized carbons (Fsp3) is 0.700. The fourth-order valence-electron chi connectivity index (χ4n) is 4.73. The Morgan fingerprint density at radius 2 is 1.96 bits per heavy atom.